The third kappa shape index (κ3) is 2.68. The first-order chi connectivity index (χ1) is 14.7. The van der Waals surface area contributed by atoms with Gasteiger partial charge in [0.15, 0.2) is 5.79 Å². The highest BCUT2D eigenvalue weighted by atomic mass is 16.7. The van der Waals surface area contributed by atoms with E-state index in [9.17, 15) is 10.2 Å². The summed E-state index contributed by atoms with van der Waals surface area (Å²) in [6.07, 6.45) is 10.2. The molecule has 4 aliphatic carbocycles. The largest absolute Gasteiger partial charge is 0.393 e. The van der Waals surface area contributed by atoms with Gasteiger partial charge in [0.1, 0.15) is 0 Å². The molecule has 12 atom stereocenters. The van der Waals surface area contributed by atoms with Crippen molar-refractivity contribution in [1.29, 1.82) is 0 Å². The van der Waals surface area contributed by atoms with Crippen molar-refractivity contribution in [1.82, 2.24) is 0 Å². The molecule has 0 aromatic rings. The molecule has 0 radical (unpaired) electrons. The van der Waals surface area contributed by atoms with Crippen molar-refractivity contribution >= 4 is 0 Å². The molecule has 4 nitrogen and oxygen atoms in total. The Morgan fingerprint density at radius 3 is 2.58 bits per heavy atom. The number of ether oxygens (including phenoxy) is 2. The maximum Gasteiger partial charge on any atom is 0.171 e. The molecule has 6 aliphatic rings. The summed E-state index contributed by atoms with van der Waals surface area (Å²) < 4.78 is 13.3. The van der Waals surface area contributed by atoms with Crippen molar-refractivity contribution < 1.29 is 19.7 Å². The van der Waals surface area contributed by atoms with E-state index in [1.54, 1.807) is 0 Å². The molecule has 2 N–H and O–H groups in total. The molecule has 2 aliphatic heterocycles. The fourth-order valence-corrected chi connectivity index (χ4v) is 9.72. The summed E-state index contributed by atoms with van der Waals surface area (Å²) in [5.41, 5.74) is 1.48. The number of allylic oxidation sites excluding steroid dienone is 1. The number of hydrogen-bond donors (Lipinski definition) is 2. The predicted molar refractivity (Wildman–Crippen MR) is 119 cm³/mol. The van der Waals surface area contributed by atoms with E-state index in [-0.39, 0.29) is 17.3 Å². The second-order valence-electron chi connectivity index (χ2n) is 12.8. The summed E-state index contributed by atoms with van der Waals surface area (Å²) in [4.78, 5) is 0. The van der Waals surface area contributed by atoms with E-state index in [0.717, 1.165) is 32.3 Å². The fraction of sp³-hybridized carbons (Fsp3) is 0.926. The highest BCUT2D eigenvalue weighted by Gasteiger charge is 2.69. The number of aliphatic hydroxyl groups excluding tert-OH is 2. The molecular formula is C27H42O4. The van der Waals surface area contributed by atoms with E-state index < -0.39 is 6.10 Å². The fourth-order valence-electron chi connectivity index (χ4n) is 9.72. The van der Waals surface area contributed by atoms with Gasteiger partial charge in [0.25, 0.3) is 0 Å². The summed E-state index contributed by atoms with van der Waals surface area (Å²) in [5, 5.41) is 21.4. The van der Waals surface area contributed by atoms with Gasteiger partial charge < -0.3 is 19.7 Å². The smallest absolute Gasteiger partial charge is 0.171 e. The lowest BCUT2D eigenvalue weighted by atomic mass is 9.46. The molecule has 1 spiro atoms. The van der Waals surface area contributed by atoms with E-state index in [1.165, 1.54) is 24.8 Å². The minimum Gasteiger partial charge on any atom is -0.393 e. The number of aliphatic hydroxyl groups is 2. The van der Waals surface area contributed by atoms with Crippen LogP contribution in [0.25, 0.3) is 0 Å². The van der Waals surface area contributed by atoms with Gasteiger partial charge in [-0.3, -0.25) is 0 Å². The Balaban J connectivity index is 1.29. The van der Waals surface area contributed by atoms with Crippen molar-refractivity contribution in [3.05, 3.63) is 11.6 Å². The Morgan fingerprint density at radius 2 is 1.84 bits per heavy atom. The lowest BCUT2D eigenvalue weighted by Crippen LogP contribution is -2.56. The second kappa shape index (κ2) is 6.81. The summed E-state index contributed by atoms with van der Waals surface area (Å²) in [6.45, 7) is 10.4. The summed E-state index contributed by atoms with van der Waals surface area (Å²) in [7, 11) is 0. The van der Waals surface area contributed by atoms with Crippen molar-refractivity contribution in [2.75, 3.05) is 6.61 Å². The van der Waals surface area contributed by atoms with Crippen LogP contribution in [-0.2, 0) is 9.47 Å². The Bertz CT molecular complexity index is 769. The minimum absolute atomic E-state index is 0.155. The lowest BCUT2D eigenvalue weighted by Gasteiger charge is -2.59. The molecule has 1 unspecified atom stereocenters. The van der Waals surface area contributed by atoms with Gasteiger partial charge in [0.05, 0.1) is 24.9 Å². The molecule has 3 saturated carbocycles. The van der Waals surface area contributed by atoms with Crippen molar-refractivity contribution in [2.24, 2.45) is 46.3 Å². The maximum atomic E-state index is 11.1. The minimum atomic E-state index is -0.420. The Kier molecular flexibility index (Phi) is 4.64. The Hall–Kier alpha value is -0.420. The average molecular weight is 431 g/mol. The molecule has 0 amide bonds. The van der Waals surface area contributed by atoms with Crippen LogP contribution in [0.2, 0.25) is 0 Å². The van der Waals surface area contributed by atoms with Crippen LogP contribution in [0.1, 0.15) is 79.1 Å². The zero-order valence-electron chi connectivity index (χ0n) is 19.8. The van der Waals surface area contributed by atoms with E-state index in [0.29, 0.717) is 53.4 Å². The van der Waals surface area contributed by atoms with Gasteiger partial charge in [-0.05, 0) is 73.5 Å². The van der Waals surface area contributed by atoms with E-state index >= 15 is 0 Å². The molecule has 0 aromatic heterocycles. The van der Waals surface area contributed by atoms with Gasteiger partial charge in [-0.15, -0.1) is 0 Å². The van der Waals surface area contributed by atoms with Gasteiger partial charge in [0, 0.05) is 24.2 Å². The Labute approximate surface area is 187 Å². The summed E-state index contributed by atoms with van der Waals surface area (Å²) in [6, 6.07) is 0. The standard InChI is InChI=1S/C27H42O4/c1-15-7-10-27(30-14-15)16(2)24-22(31-27)13-21-19-6-5-17-11-18(28)12-23(29)26(17,4)20(19)8-9-25(21,24)3/h5,15-16,18-24,28-29H,6-14H2,1-4H3/t15-,16+,18-,19-,20+,21+,22+,23-,24+,25+,26+,27?/m1/s1. The van der Waals surface area contributed by atoms with Gasteiger partial charge in [-0.2, -0.15) is 0 Å². The lowest BCUT2D eigenvalue weighted by molar-refractivity contribution is -0.272. The molecule has 5 fully saturated rings. The van der Waals surface area contributed by atoms with Crippen LogP contribution in [0.15, 0.2) is 11.6 Å². The first-order valence-corrected chi connectivity index (χ1v) is 13.1. The SMILES string of the molecule is C[C@@H]1CCC2(OC1)O[C@H]1C[C@H]3[C@@H]4CC=C5C[C@@H](O)C[C@@H](O)[C@]5(C)[C@H]4CC[C@]3(C)[C@H]1[C@@H]2C. The summed E-state index contributed by atoms with van der Waals surface area (Å²) in [5.74, 6) is 3.17. The van der Waals surface area contributed by atoms with Crippen molar-refractivity contribution in [3.63, 3.8) is 0 Å². The molecular weight excluding hydrogens is 388 g/mol. The van der Waals surface area contributed by atoms with Crippen LogP contribution < -0.4 is 0 Å². The van der Waals surface area contributed by atoms with Gasteiger partial charge in [-0.1, -0.05) is 39.3 Å². The van der Waals surface area contributed by atoms with Gasteiger partial charge >= 0.3 is 0 Å². The van der Waals surface area contributed by atoms with Crippen LogP contribution in [-0.4, -0.2) is 40.9 Å². The molecule has 6 rings (SSSR count). The molecule has 2 saturated heterocycles. The normalized spacial score (nSPS) is 60.7. The first-order valence-electron chi connectivity index (χ1n) is 13.1. The van der Waals surface area contributed by atoms with Crippen LogP contribution in [0, 0.1) is 46.3 Å². The predicted octanol–water partition coefficient (Wildman–Crippen LogP) is 4.68. The highest BCUT2D eigenvalue weighted by Crippen LogP contribution is 2.70. The first kappa shape index (κ1) is 21.1. The van der Waals surface area contributed by atoms with Gasteiger partial charge in [0.2, 0.25) is 0 Å². The topological polar surface area (TPSA) is 58.9 Å². The van der Waals surface area contributed by atoms with E-state index in [1.807, 2.05) is 0 Å². The third-order valence-electron chi connectivity index (χ3n) is 11.4. The number of rotatable bonds is 0. The molecule has 4 heteroatoms. The number of fused-ring (bicyclic) bond motifs is 7. The third-order valence-corrected chi connectivity index (χ3v) is 11.4. The van der Waals surface area contributed by atoms with Gasteiger partial charge in [-0.25, -0.2) is 0 Å². The van der Waals surface area contributed by atoms with E-state index in [2.05, 4.69) is 33.8 Å². The maximum absolute atomic E-state index is 11.1. The van der Waals surface area contributed by atoms with Crippen LogP contribution in [0.3, 0.4) is 0 Å². The molecule has 0 bridgehead atoms. The molecule has 2 heterocycles. The van der Waals surface area contributed by atoms with E-state index in [4.69, 9.17) is 9.47 Å². The highest BCUT2D eigenvalue weighted by molar-refractivity contribution is 5.28. The molecule has 174 valence electrons. The quantitative estimate of drug-likeness (QED) is 0.548. The second-order valence-corrected chi connectivity index (χ2v) is 12.8. The summed E-state index contributed by atoms with van der Waals surface area (Å²) >= 11 is 0. The Morgan fingerprint density at radius 1 is 1.03 bits per heavy atom. The zero-order chi connectivity index (χ0) is 21.8. The number of hydrogen-bond acceptors (Lipinski definition) is 4. The monoisotopic (exact) mass is 430 g/mol. The average Bonchev–Trinajstić information content (AvgIpc) is 3.16. The molecule has 0 aromatic carbocycles. The molecule has 31 heavy (non-hydrogen) atoms. The zero-order valence-corrected chi connectivity index (χ0v) is 19.8. The van der Waals surface area contributed by atoms with Crippen LogP contribution in [0.5, 0.6) is 0 Å². The van der Waals surface area contributed by atoms with Crippen LogP contribution >= 0.6 is 0 Å². The van der Waals surface area contributed by atoms with Crippen LogP contribution in [0.4, 0.5) is 0 Å². The van der Waals surface area contributed by atoms with Crippen molar-refractivity contribution in [3.8, 4) is 0 Å². The van der Waals surface area contributed by atoms with Crippen molar-refractivity contribution in [2.45, 2.75) is 103 Å².